The van der Waals surface area contributed by atoms with E-state index < -0.39 is 0 Å². The number of aliphatic imine (C=N–C) groups is 1. The Labute approximate surface area is 158 Å². The first-order chi connectivity index (χ1) is 10.7. The van der Waals surface area contributed by atoms with E-state index in [2.05, 4.69) is 34.0 Å². The molecule has 0 spiro atoms. The maximum absolute atomic E-state index is 9.67. The molecule has 2 heterocycles. The summed E-state index contributed by atoms with van der Waals surface area (Å²) in [7, 11) is 2.21. The number of likely N-dealkylation sites (N-methyl/N-ethyl adjacent to an activating group) is 1. The molecule has 0 unspecified atom stereocenters. The van der Waals surface area contributed by atoms with Gasteiger partial charge in [0, 0.05) is 39.3 Å². The van der Waals surface area contributed by atoms with Gasteiger partial charge >= 0.3 is 0 Å². The number of guanidine groups is 1. The normalized spacial score (nSPS) is 24.4. The van der Waals surface area contributed by atoms with Crippen molar-refractivity contribution in [2.45, 2.75) is 32.3 Å². The summed E-state index contributed by atoms with van der Waals surface area (Å²) in [6.07, 6.45) is 3.03. The van der Waals surface area contributed by atoms with Gasteiger partial charge in [0.1, 0.15) is 0 Å². The molecule has 2 aliphatic heterocycles. The van der Waals surface area contributed by atoms with Crippen LogP contribution in [-0.2, 0) is 0 Å². The van der Waals surface area contributed by atoms with Crippen LogP contribution in [0.5, 0.6) is 0 Å². The van der Waals surface area contributed by atoms with Crippen molar-refractivity contribution in [2.24, 2.45) is 4.99 Å². The molecule has 136 valence electrons. The predicted octanol–water partition coefficient (Wildman–Crippen LogP) is 0.664. The zero-order valence-electron chi connectivity index (χ0n) is 14.7. The Hall–Kier alpha value is -0.120. The van der Waals surface area contributed by atoms with Gasteiger partial charge in [-0.1, -0.05) is 0 Å². The van der Waals surface area contributed by atoms with E-state index in [4.69, 9.17) is 4.99 Å². The van der Waals surface area contributed by atoms with Crippen LogP contribution in [0, 0.1) is 0 Å². The average Bonchev–Trinajstić information content (AvgIpc) is 2.82. The SMILES string of the molecule is CCNC(=NCCCN1CCCN(C)CC1)N1CC[C@@H](O)C1.I. The highest BCUT2D eigenvalue weighted by Gasteiger charge is 2.22. The van der Waals surface area contributed by atoms with Crippen LogP contribution in [0.15, 0.2) is 4.99 Å². The van der Waals surface area contributed by atoms with Gasteiger partial charge in [-0.2, -0.15) is 0 Å². The van der Waals surface area contributed by atoms with Gasteiger partial charge in [0.05, 0.1) is 6.10 Å². The molecule has 0 radical (unpaired) electrons. The van der Waals surface area contributed by atoms with E-state index in [1.165, 1.54) is 32.6 Å². The lowest BCUT2D eigenvalue weighted by Crippen LogP contribution is -2.40. The largest absolute Gasteiger partial charge is 0.391 e. The lowest BCUT2D eigenvalue weighted by Gasteiger charge is -2.22. The van der Waals surface area contributed by atoms with Crippen molar-refractivity contribution >= 4 is 29.9 Å². The molecular weight excluding hydrogens is 405 g/mol. The highest BCUT2D eigenvalue weighted by Crippen LogP contribution is 2.09. The number of β-amino-alcohol motifs (C(OH)–C–C–N with tert-alkyl or cyclic N) is 1. The second kappa shape index (κ2) is 11.4. The van der Waals surface area contributed by atoms with E-state index in [-0.39, 0.29) is 30.1 Å². The van der Waals surface area contributed by atoms with Crippen molar-refractivity contribution in [1.82, 2.24) is 20.0 Å². The molecule has 0 saturated carbocycles. The maximum atomic E-state index is 9.67. The first-order valence-electron chi connectivity index (χ1n) is 8.81. The molecule has 1 atom stereocenters. The van der Waals surface area contributed by atoms with Crippen LogP contribution in [0.25, 0.3) is 0 Å². The summed E-state index contributed by atoms with van der Waals surface area (Å²) < 4.78 is 0. The fourth-order valence-corrected chi connectivity index (χ4v) is 3.16. The van der Waals surface area contributed by atoms with Crippen molar-refractivity contribution in [1.29, 1.82) is 0 Å². The molecule has 0 aliphatic carbocycles. The Kier molecular flexibility index (Phi) is 10.4. The van der Waals surface area contributed by atoms with Crippen LogP contribution >= 0.6 is 24.0 Å². The number of likely N-dealkylation sites (tertiary alicyclic amines) is 1. The third-order valence-corrected chi connectivity index (χ3v) is 4.50. The molecule has 0 aromatic heterocycles. The molecule has 0 amide bonds. The minimum Gasteiger partial charge on any atom is -0.391 e. The zero-order valence-corrected chi connectivity index (χ0v) is 17.0. The number of aliphatic hydroxyl groups is 1. The molecule has 2 N–H and O–H groups in total. The van der Waals surface area contributed by atoms with Gasteiger partial charge in [-0.3, -0.25) is 4.99 Å². The summed E-state index contributed by atoms with van der Waals surface area (Å²) in [6.45, 7) is 11.4. The van der Waals surface area contributed by atoms with E-state index in [1.54, 1.807) is 0 Å². The second-order valence-corrected chi connectivity index (χ2v) is 6.48. The molecule has 2 fully saturated rings. The molecule has 0 aromatic carbocycles. The molecule has 2 saturated heterocycles. The molecule has 23 heavy (non-hydrogen) atoms. The van der Waals surface area contributed by atoms with Crippen LogP contribution in [0.1, 0.15) is 26.2 Å². The zero-order chi connectivity index (χ0) is 15.8. The fraction of sp³-hybridized carbons (Fsp3) is 0.938. The molecule has 0 bridgehead atoms. The van der Waals surface area contributed by atoms with Crippen LogP contribution in [0.3, 0.4) is 0 Å². The lowest BCUT2D eigenvalue weighted by molar-refractivity contribution is 0.187. The van der Waals surface area contributed by atoms with Crippen molar-refractivity contribution < 1.29 is 5.11 Å². The maximum Gasteiger partial charge on any atom is 0.194 e. The molecule has 6 nitrogen and oxygen atoms in total. The Morgan fingerprint density at radius 2 is 2.04 bits per heavy atom. The monoisotopic (exact) mass is 439 g/mol. The van der Waals surface area contributed by atoms with Crippen LogP contribution < -0.4 is 5.32 Å². The van der Waals surface area contributed by atoms with E-state index in [0.29, 0.717) is 6.54 Å². The topological polar surface area (TPSA) is 54.3 Å². The average molecular weight is 439 g/mol. The number of nitrogens with one attached hydrogen (secondary N) is 1. The second-order valence-electron chi connectivity index (χ2n) is 6.48. The Morgan fingerprint density at radius 1 is 1.22 bits per heavy atom. The van der Waals surface area contributed by atoms with Gasteiger partial charge in [0.15, 0.2) is 5.96 Å². The number of hydrogen-bond acceptors (Lipinski definition) is 4. The van der Waals surface area contributed by atoms with Crippen molar-refractivity contribution in [2.75, 3.05) is 66.0 Å². The highest BCUT2D eigenvalue weighted by atomic mass is 127. The summed E-state index contributed by atoms with van der Waals surface area (Å²) >= 11 is 0. The number of halogens is 1. The van der Waals surface area contributed by atoms with Crippen LogP contribution in [-0.4, -0.2) is 97.8 Å². The number of hydrogen-bond donors (Lipinski definition) is 2. The van der Waals surface area contributed by atoms with Gasteiger partial charge in [0.25, 0.3) is 0 Å². The Bertz CT molecular complexity index is 355. The van der Waals surface area contributed by atoms with Crippen LogP contribution in [0.4, 0.5) is 0 Å². The number of aliphatic hydroxyl groups excluding tert-OH is 1. The minimum absolute atomic E-state index is 0. The first kappa shape index (κ1) is 20.9. The Balaban J connectivity index is 0.00000264. The van der Waals surface area contributed by atoms with Crippen molar-refractivity contribution in [3.63, 3.8) is 0 Å². The van der Waals surface area contributed by atoms with E-state index >= 15 is 0 Å². The summed E-state index contributed by atoms with van der Waals surface area (Å²) in [5, 5.41) is 13.0. The number of nitrogens with zero attached hydrogens (tertiary/aromatic N) is 4. The Morgan fingerprint density at radius 3 is 2.74 bits per heavy atom. The summed E-state index contributed by atoms with van der Waals surface area (Å²) in [4.78, 5) is 11.9. The molecule has 0 aromatic rings. The van der Waals surface area contributed by atoms with E-state index in [9.17, 15) is 5.11 Å². The molecule has 7 heteroatoms. The fourth-order valence-electron chi connectivity index (χ4n) is 3.16. The molecule has 2 aliphatic rings. The summed E-state index contributed by atoms with van der Waals surface area (Å²) in [5.41, 5.74) is 0. The highest BCUT2D eigenvalue weighted by molar-refractivity contribution is 14.0. The quantitative estimate of drug-likeness (QED) is 0.286. The lowest BCUT2D eigenvalue weighted by atomic mass is 10.3. The minimum atomic E-state index is -0.196. The standard InChI is InChI=1S/C16H33N5O.HI/c1-3-17-16(21-11-6-15(22)14-21)18-7-4-9-20-10-5-8-19(2)12-13-20;/h15,22H,3-14H2,1-2H3,(H,17,18);1H/t15-;/m1./s1. The van der Waals surface area contributed by atoms with E-state index in [1.807, 2.05) is 0 Å². The van der Waals surface area contributed by atoms with Crippen molar-refractivity contribution in [3.8, 4) is 0 Å². The van der Waals surface area contributed by atoms with Gasteiger partial charge in [-0.25, -0.2) is 0 Å². The predicted molar refractivity (Wildman–Crippen MR) is 107 cm³/mol. The summed E-state index contributed by atoms with van der Waals surface area (Å²) in [5.74, 6) is 0.967. The van der Waals surface area contributed by atoms with Crippen LogP contribution in [0.2, 0.25) is 0 Å². The smallest absolute Gasteiger partial charge is 0.194 e. The third kappa shape index (κ3) is 7.53. The van der Waals surface area contributed by atoms with Gasteiger partial charge in [-0.15, -0.1) is 24.0 Å². The van der Waals surface area contributed by atoms with E-state index in [0.717, 1.165) is 45.0 Å². The van der Waals surface area contributed by atoms with Gasteiger partial charge in [0.2, 0.25) is 0 Å². The number of rotatable bonds is 5. The van der Waals surface area contributed by atoms with Gasteiger partial charge in [-0.05, 0) is 52.9 Å². The molecular formula is C16H34IN5O. The van der Waals surface area contributed by atoms with Crippen molar-refractivity contribution in [3.05, 3.63) is 0 Å². The van der Waals surface area contributed by atoms with Gasteiger partial charge < -0.3 is 25.1 Å². The summed E-state index contributed by atoms with van der Waals surface area (Å²) in [6, 6.07) is 0. The first-order valence-corrected chi connectivity index (χ1v) is 8.81. The molecule has 2 rings (SSSR count). The third-order valence-electron chi connectivity index (χ3n) is 4.50.